The molecule has 0 spiro atoms. The molecule has 1 aromatic carbocycles. The number of nitro groups is 1. The minimum Gasteiger partial charge on any atom is -0.444 e. The highest BCUT2D eigenvalue weighted by atomic mass is 16.6. The fourth-order valence-corrected chi connectivity index (χ4v) is 1.93. The summed E-state index contributed by atoms with van der Waals surface area (Å²) < 4.78 is 11.0. The van der Waals surface area contributed by atoms with Crippen molar-refractivity contribution in [1.29, 1.82) is 0 Å². The van der Waals surface area contributed by atoms with Crippen LogP contribution in [0.5, 0.6) is 0 Å². The van der Waals surface area contributed by atoms with Crippen molar-refractivity contribution in [2.24, 2.45) is 0 Å². The van der Waals surface area contributed by atoms with E-state index in [-0.39, 0.29) is 11.8 Å². The summed E-state index contributed by atoms with van der Waals surface area (Å²) in [6.45, 7) is 8.01. The first-order valence-corrected chi connectivity index (χ1v) is 7.44. The predicted molar refractivity (Wildman–Crippen MR) is 86.3 cm³/mol. The Bertz CT molecular complexity index is 536. The van der Waals surface area contributed by atoms with E-state index in [4.69, 9.17) is 9.47 Å². The minimum atomic E-state index is -0.570. The van der Waals surface area contributed by atoms with E-state index in [1.807, 2.05) is 6.92 Å². The van der Waals surface area contributed by atoms with E-state index < -0.39 is 16.6 Å². The van der Waals surface area contributed by atoms with E-state index in [1.165, 1.54) is 17.0 Å². The number of carbonyl (C=O) groups excluding carboxylic acids is 1. The van der Waals surface area contributed by atoms with Crippen molar-refractivity contribution in [3.05, 3.63) is 39.9 Å². The van der Waals surface area contributed by atoms with Crippen LogP contribution in [0.4, 0.5) is 10.5 Å². The Labute approximate surface area is 136 Å². The van der Waals surface area contributed by atoms with Crippen molar-refractivity contribution in [3.63, 3.8) is 0 Å². The van der Waals surface area contributed by atoms with E-state index in [0.717, 1.165) is 5.56 Å². The monoisotopic (exact) mass is 324 g/mol. The molecule has 1 rings (SSSR count). The second-order valence-corrected chi connectivity index (χ2v) is 6.15. The highest BCUT2D eigenvalue weighted by molar-refractivity contribution is 5.67. The molecule has 1 amide bonds. The van der Waals surface area contributed by atoms with Crippen molar-refractivity contribution in [1.82, 2.24) is 4.90 Å². The van der Waals surface area contributed by atoms with Crippen molar-refractivity contribution >= 4 is 11.8 Å². The third kappa shape index (κ3) is 6.23. The first-order valence-electron chi connectivity index (χ1n) is 7.44. The molecule has 7 heteroatoms. The maximum absolute atomic E-state index is 12.0. The molecule has 1 aromatic rings. The number of amides is 1. The lowest BCUT2D eigenvalue weighted by molar-refractivity contribution is -0.384. The second-order valence-electron chi connectivity index (χ2n) is 6.15. The zero-order valence-corrected chi connectivity index (χ0v) is 14.2. The molecule has 0 heterocycles. The molecule has 0 N–H and O–H groups in total. The van der Waals surface area contributed by atoms with Gasteiger partial charge < -0.3 is 14.4 Å². The minimum absolute atomic E-state index is 0.0181. The van der Waals surface area contributed by atoms with Crippen molar-refractivity contribution in [3.8, 4) is 0 Å². The fourth-order valence-electron chi connectivity index (χ4n) is 1.93. The Balaban J connectivity index is 2.81. The number of benzene rings is 1. The van der Waals surface area contributed by atoms with E-state index in [2.05, 4.69) is 0 Å². The van der Waals surface area contributed by atoms with Crippen LogP contribution in [0, 0.1) is 10.1 Å². The van der Waals surface area contributed by atoms with Crippen LogP contribution in [-0.4, -0.2) is 41.7 Å². The first-order chi connectivity index (χ1) is 10.6. The predicted octanol–water partition coefficient (Wildman–Crippen LogP) is 3.54. The Hall–Kier alpha value is -2.15. The highest BCUT2D eigenvalue weighted by Crippen LogP contribution is 2.22. The van der Waals surface area contributed by atoms with Gasteiger partial charge in [-0.15, -0.1) is 0 Å². The molecule has 1 unspecified atom stereocenters. The SMILES string of the molecule is CCOC(CN(C)C(=O)OC(C)(C)C)c1ccc([N+](=O)[O-])cc1. The number of hydrogen-bond acceptors (Lipinski definition) is 5. The zero-order valence-electron chi connectivity index (χ0n) is 14.2. The van der Waals surface area contributed by atoms with Gasteiger partial charge in [-0.2, -0.15) is 0 Å². The molecule has 0 radical (unpaired) electrons. The van der Waals surface area contributed by atoms with Crippen LogP contribution in [0.3, 0.4) is 0 Å². The lowest BCUT2D eigenvalue weighted by Crippen LogP contribution is -2.37. The lowest BCUT2D eigenvalue weighted by atomic mass is 10.1. The molecule has 7 nitrogen and oxygen atoms in total. The fraction of sp³-hybridized carbons (Fsp3) is 0.562. The van der Waals surface area contributed by atoms with E-state index in [1.54, 1.807) is 40.0 Å². The molecule has 0 saturated heterocycles. The summed E-state index contributed by atoms with van der Waals surface area (Å²) in [5, 5.41) is 10.7. The van der Waals surface area contributed by atoms with Crippen LogP contribution in [0.15, 0.2) is 24.3 Å². The van der Waals surface area contributed by atoms with Crippen LogP contribution in [0.2, 0.25) is 0 Å². The van der Waals surface area contributed by atoms with Crippen molar-refractivity contribution in [2.45, 2.75) is 39.4 Å². The molecule has 0 aromatic heterocycles. The Kier molecular flexibility index (Phi) is 6.50. The van der Waals surface area contributed by atoms with Crippen LogP contribution in [0.25, 0.3) is 0 Å². The maximum Gasteiger partial charge on any atom is 0.410 e. The van der Waals surface area contributed by atoms with Gasteiger partial charge in [0.15, 0.2) is 0 Å². The summed E-state index contributed by atoms with van der Waals surface area (Å²) in [6.07, 6.45) is -0.817. The molecule has 23 heavy (non-hydrogen) atoms. The van der Waals surface area contributed by atoms with Gasteiger partial charge in [-0.1, -0.05) is 0 Å². The molecule has 0 aliphatic rings. The second kappa shape index (κ2) is 7.92. The number of hydrogen-bond donors (Lipinski definition) is 0. The summed E-state index contributed by atoms with van der Waals surface area (Å²) in [6, 6.07) is 6.13. The molecular formula is C16H24N2O5. The van der Waals surface area contributed by atoms with E-state index >= 15 is 0 Å². The molecule has 0 aliphatic heterocycles. The third-order valence-corrected chi connectivity index (χ3v) is 2.99. The van der Waals surface area contributed by atoms with Gasteiger partial charge in [0.25, 0.3) is 5.69 Å². The average Bonchev–Trinajstić information content (AvgIpc) is 2.45. The average molecular weight is 324 g/mol. The zero-order chi connectivity index (χ0) is 17.6. The number of ether oxygens (including phenoxy) is 2. The normalized spacial score (nSPS) is 12.6. The number of carbonyl (C=O) groups is 1. The topological polar surface area (TPSA) is 81.9 Å². The summed E-state index contributed by atoms with van der Waals surface area (Å²) in [7, 11) is 1.63. The van der Waals surface area contributed by atoms with Gasteiger partial charge >= 0.3 is 6.09 Å². The smallest absolute Gasteiger partial charge is 0.410 e. The summed E-state index contributed by atoms with van der Waals surface area (Å²) in [5.41, 5.74) is 0.220. The highest BCUT2D eigenvalue weighted by Gasteiger charge is 2.23. The standard InChI is InChI=1S/C16H24N2O5/c1-6-22-14(11-17(5)15(19)23-16(2,3)4)12-7-9-13(10-8-12)18(20)21/h7-10,14H,6,11H2,1-5H3. The summed E-state index contributed by atoms with van der Waals surface area (Å²) >= 11 is 0. The largest absolute Gasteiger partial charge is 0.444 e. The van der Waals surface area contributed by atoms with E-state index in [9.17, 15) is 14.9 Å². The van der Waals surface area contributed by atoms with Gasteiger partial charge in [-0.3, -0.25) is 10.1 Å². The van der Waals surface area contributed by atoms with Gasteiger partial charge in [-0.05, 0) is 45.4 Å². The van der Waals surface area contributed by atoms with Crippen LogP contribution >= 0.6 is 0 Å². The Morgan fingerprint density at radius 1 is 1.30 bits per heavy atom. The van der Waals surface area contributed by atoms with Gasteiger partial charge in [0, 0.05) is 25.8 Å². The number of nitrogens with zero attached hydrogens (tertiary/aromatic N) is 2. The van der Waals surface area contributed by atoms with Crippen molar-refractivity contribution in [2.75, 3.05) is 20.2 Å². The quantitative estimate of drug-likeness (QED) is 0.590. The van der Waals surface area contributed by atoms with Crippen LogP contribution in [-0.2, 0) is 9.47 Å². The number of non-ortho nitro benzene ring substituents is 1. The number of nitro benzene ring substituents is 1. The van der Waals surface area contributed by atoms with E-state index in [0.29, 0.717) is 13.2 Å². The molecule has 1 atom stereocenters. The van der Waals surface area contributed by atoms with Gasteiger partial charge in [0.05, 0.1) is 11.5 Å². The van der Waals surface area contributed by atoms with Gasteiger partial charge in [-0.25, -0.2) is 4.79 Å². The lowest BCUT2D eigenvalue weighted by Gasteiger charge is -2.27. The Morgan fingerprint density at radius 2 is 1.87 bits per heavy atom. The van der Waals surface area contributed by atoms with Crippen LogP contribution < -0.4 is 0 Å². The van der Waals surface area contributed by atoms with Gasteiger partial charge in [0.1, 0.15) is 11.7 Å². The molecule has 0 fully saturated rings. The van der Waals surface area contributed by atoms with Crippen molar-refractivity contribution < 1.29 is 19.2 Å². The molecule has 0 bridgehead atoms. The summed E-state index contributed by atoms with van der Waals surface area (Å²) in [4.78, 5) is 23.7. The Morgan fingerprint density at radius 3 is 2.30 bits per heavy atom. The summed E-state index contributed by atoms with van der Waals surface area (Å²) in [5.74, 6) is 0. The molecular weight excluding hydrogens is 300 g/mol. The van der Waals surface area contributed by atoms with Crippen LogP contribution in [0.1, 0.15) is 39.4 Å². The first kappa shape index (κ1) is 18.9. The maximum atomic E-state index is 12.0. The molecule has 0 aliphatic carbocycles. The molecule has 128 valence electrons. The number of rotatable bonds is 6. The van der Waals surface area contributed by atoms with Gasteiger partial charge in [0.2, 0.25) is 0 Å². The molecule has 0 saturated carbocycles. The third-order valence-electron chi connectivity index (χ3n) is 2.99. The number of likely N-dealkylation sites (N-methyl/N-ethyl adjacent to an activating group) is 1.